The van der Waals surface area contributed by atoms with Gasteiger partial charge < -0.3 is 5.32 Å². The van der Waals surface area contributed by atoms with E-state index in [4.69, 9.17) is 0 Å². The van der Waals surface area contributed by atoms with Gasteiger partial charge in [-0.3, -0.25) is 14.9 Å². The maximum atomic E-state index is 12.5. The van der Waals surface area contributed by atoms with E-state index in [9.17, 15) is 23.3 Å². The van der Waals surface area contributed by atoms with Crippen molar-refractivity contribution in [2.24, 2.45) is 0 Å². The van der Waals surface area contributed by atoms with Crippen LogP contribution in [0.3, 0.4) is 0 Å². The lowest BCUT2D eigenvalue weighted by Crippen LogP contribution is -2.37. The van der Waals surface area contributed by atoms with Gasteiger partial charge in [-0.25, -0.2) is 8.42 Å². The lowest BCUT2D eigenvalue weighted by molar-refractivity contribution is -0.384. The van der Waals surface area contributed by atoms with E-state index in [0.29, 0.717) is 0 Å². The second-order valence-corrected chi connectivity index (χ2v) is 7.91. The molecule has 0 radical (unpaired) electrons. The van der Waals surface area contributed by atoms with Crippen LogP contribution in [-0.4, -0.2) is 24.5 Å². The molecule has 0 heterocycles. The monoisotopic (exact) mass is 362 g/mol. The van der Waals surface area contributed by atoms with Crippen LogP contribution in [0.15, 0.2) is 53.4 Å². The van der Waals surface area contributed by atoms with Gasteiger partial charge in [0, 0.05) is 18.7 Å². The smallest absolute Gasteiger partial charge is 0.269 e. The molecule has 2 rings (SSSR count). The van der Waals surface area contributed by atoms with E-state index in [-0.39, 0.29) is 17.1 Å². The van der Waals surface area contributed by atoms with Crippen molar-refractivity contribution in [3.8, 4) is 0 Å². The second-order valence-electron chi connectivity index (χ2n) is 5.64. The molecule has 0 fully saturated rings. The fourth-order valence-corrected chi connectivity index (χ4v) is 3.43. The Morgan fingerprint density at radius 2 is 1.68 bits per heavy atom. The Hall–Kier alpha value is -2.74. The molecule has 1 atom stereocenters. The number of hydrogen-bond acceptors (Lipinski definition) is 5. The van der Waals surface area contributed by atoms with Crippen LogP contribution in [0.4, 0.5) is 5.69 Å². The van der Waals surface area contributed by atoms with Crippen LogP contribution in [0.5, 0.6) is 0 Å². The highest BCUT2D eigenvalue weighted by Gasteiger charge is 2.29. The Kier molecular flexibility index (Phi) is 5.53. The first-order chi connectivity index (χ1) is 11.7. The number of aryl methyl sites for hydroxylation is 1. The number of nitrogens with zero attached hydrogens (tertiary/aromatic N) is 1. The predicted octanol–water partition coefficient (Wildman–Crippen LogP) is 2.38. The number of amides is 1. The lowest BCUT2D eigenvalue weighted by Gasteiger charge is -2.13. The molecule has 2 aromatic rings. The highest BCUT2D eigenvalue weighted by molar-refractivity contribution is 7.92. The predicted molar refractivity (Wildman–Crippen MR) is 92.8 cm³/mol. The molecule has 0 saturated carbocycles. The third-order valence-corrected chi connectivity index (χ3v) is 5.87. The summed E-state index contributed by atoms with van der Waals surface area (Å²) in [6.07, 6.45) is 0. The maximum absolute atomic E-state index is 12.5. The van der Waals surface area contributed by atoms with Crippen LogP contribution in [0.2, 0.25) is 0 Å². The van der Waals surface area contributed by atoms with Gasteiger partial charge in [-0.15, -0.1) is 0 Å². The number of benzene rings is 2. The number of non-ortho nitro benzene ring substituents is 1. The van der Waals surface area contributed by atoms with Crippen molar-refractivity contribution in [1.29, 1.82) is 0 Å². The van der Waals surface area contributed by atoms with Crippen molar-refractivity contribution >= 4 is 21.4 Å². The Bertz CT molecular complexity index is 874. The van der Waals surface area contributed by atoms with Gasteiger partial charge in [0.2, 0.25) is 5.91 Å². The minimum absolute atomic E-state index is 0.129. The SMILES string of the molecule is Cc1ccc(CNC(=O)[C@H](C)S(=O)(=O)c2ccc([N+](=O)[O-])cc2)cc1. The molecule has 25 heavy (non-hydrogen) atoms. The van der Waals surface area contributed by atoms with Gasteiger partial charge in [0.05, 0.1) is 9.82 Å². The zero-order valence-electron chi connectivity index (χ0n) is 13.8. The lowest BCUT2D eigenvalue weighted by atomic mass is 10.1. The van der Waals surface area contributed by atoms with E-state index in [1.54, 1.807) is 0 Å². The molecule has 7 nitrogen and oxygen atoms in total. The maximum Gasteiger partial charge on any atom is 0.269 e. The first-order valence-electron chi connectivity index (χ1n) is 7.53. The fraction of sp³-hybridized carbons (Fsp3) is 0.235. The second kappa shape index (κ2) is 7.43. The number of carbonyl (C=O) groups is 1. The molecule has 1 amide bonds. The minimum atomic E-state index is -3.93. The molecule has 2 aromatic carbocycles. The van der Waals surface area contributed by atoms with Crippen LogP contribution < -0.4 is 5.32 Å². The Labute approximate surface area is 145 Å². The average Bonchev–Trinajstić information content (AvgIpc) is 2.60. The normalized spacial score (nSPS) is 12.4. The van der Waals surface area contributed by atoms with E-state index in [0.717, 1.165) is 35.4 Å². The number of hydrogen-bond donors (Lipinski definition) is 1. The molecule has 0 spiro atoms. The summed E-state index contributed by atoms with van der Waals surface area (Å²) in [6.45, 7) is 3.46. The molecule has 0 aromatic heterocycles. The van der Waals surface area contributed by atoms with Crippen LogP contribution in [0, 0.1) is 17.0 Å². The number of nitrogens with one attached hydrogen (secondary N) is 1. The highest BCUT2D eigenvalue weighted by Crippen LogP contribution is 2.20. The number of rotatable bonds is 6. The molecule has 0 aliphatic carbocycles. The summed E-state index contributed by atoms with van der Waals surface area (Å²) < 4.78 is 25.0. The summed E-state index contributed by atoms with van der Waals surface area (Å²) >= 11 is 0. The van der Waals surface area contributed by atoms with Crippen LogP contribution in [0.25, 0.3) is 0 Å². The molecule has 0 bridgehead atoms. The Morgan fingerprint density at radius 1 is 1.12 bits per heavy atom. The van der Waals surface area contributed by atoms with Crippen molar-refractivity contribution in [2.75, 3.05) is 0 Å². The summed E-state index contributed by atoms with van der Waals surface area (Å²) in [5.41, 5.74) is 1.73. The van der Waals surface area contributed by atoms with E-state index < -0.39 is 25.9 Å². The average molecular weight is 362 g/mol. The summed E-state index contributed by atoms with van der Waals surface area (Å²) in [5, 5.41) is 11.9. The fourth-order valence-electron chi connectivity index (χ4n) is 2.14. The quantitative estimate of drug-likeness (QED) is 0.627. The third-order valence-electron chi connectivity index (χ3n) is 3.80. The van der Waals surface area contributed by atoms with Gasteiger partial charge in [0.1, 0.15) is 5.25 Å². The Morgan fingerprint density at radius 3 is 2.20 bits per heavy atom. The first-order valence-corrected chi connectivity index (χ1v) is 9.08. The summed E-state index contributed by atoms with van der Waals surface area (Å²) in [4.78, 5) is 22.1. The van der Waals surface area contributed by atoms with E-state index >= 15 is 0 Å². The van der Waals surface area contributed by atoms with Crippen LogP contribution in [0.1, 0.15) is 18.1 Å². The Balaban J connectivity index is 2.08. The number of nitro benzene ring substituents is 1. The van der Waals surface area contributed by atoms with Crippen molar-refractivity contribution in [2.45, 2.75) is 30.5 Å². The van der Waals surface area contributed by atoms with Gasteiger partial charge in [0.25, 0.3) is 5.69 Å². The van der Waals surface area contributed by atoms with Crippen molar-refractivity contribution in [3.05, 3.63) is 69.8 Å². The molecule has 132 valence electrons. The van der Waals surface area contributed by atoms with Gasteiger partial charge in [-0.1, -0.05) is 29.8 Å². The summed E-state index contributed by atoms with van der Waals surface area (Å²) in [5.74, 6) is -0.626. The topological polar surface area (TPSA) is 106 Å². The third kappa shape index (κ3) is 4.42. The van der Waals surface area contributed by atoms with E-state index in [2.05, 4.69) is 5.32 Å². The zero-order chi connectivity index (χ0) is 18.6. The molecule has 1 N–H and O–H groups in total. The standard InChI is InChI=1S/C17H18N2O5S/c1-12-3-5-14(6-4-12)11-18-17(20)13(2)25(23,24)16-9-7-15(8-10-16)19(21)22/h3-10,13H,11H2,1-2H3,(H,18,20)/t13-/m0/s1. The highest BCUT2D eigenvalue weighted by atomic mass is 32.2. The largest absolute Gasteiger partial charge is 0.351 e. The number of nitro groups is 1. The molecule has 0 saturated heterocycles. The molecule has 0 unspecified atom stereocenters. The summed E-state index contributed by atoms with van der Waals surface area (Å²) in [6, 6.07) is 12.0. The number of sulfone groups is 1. The van der Waals surface area contributed by atoms with E-state index in [1.807, 2.05) is 31.2 Å². The van der Waals surface area contributed by atoms with Crippen LogP contribution in [-0.2, 0) is 21.2 Å². The summed E-state index contributed by atoms with van der Waals surface area (Å²) in [7, 11) is -3.93. The zero-order valence-corrected chi connectivity index (χ0v) is 14.6. The van der Waals surface area contributed by atoms with Crippen molar-refractivity contribution < 1.29 is 18.1 Å². The van der Waals surface area contributed by atoms with Crippen LogP contribution >= 0.6 is 0 Å². The van der Waals surface area contributed by atoms with Crippen molar-refractivity contribution in [1.82, 2.24) is 5.32 Å². The van der Waals surface area contributed by atoms with Gasteiger partial charge >= 0.3 is 0 Å². The van der Waals surface area contributed by atoms with Crippen molar-refractivity contribution in [3.63, 3.8) is 0 Å². The molecular formula is C17H18N2O5S. The molecule has 0 aliphatic heterocycles. The minimum Gasteiger partial charge on any atom is -0.351 e. The molecule has 0 aliphatic rings. The van der Waals surface area contributed by atoms with E-state index in [1.165, 1.54) is 6.92 Å². The van der Waals surface area contributed by atoms with Gasteiger partial charge in [-0.2, -0.15) is 0 Å². The van der Waals surface area contributed by atoms with Gasteiger partial charge in [-0.05, 0) is 31.5 Å². The number of carbonyl (C=O) groups excluding carboxylic acids is 1. The molecular weight excluding hydrogens is 344 g/mol. The first kappa shape index (κ1) is 18.6. The molecule has 8 heteroatoms. The van der Waals surface area contributed by atoms with Gasteiger partial charge in [0.15, 0.2) is 9.84 Å².